The highest BCUT2D eigenvalue weighted by atomic mass is 79.9. The second kappa shape index (κ2) is 7.89. The lowest BCUT2D eigenvalue weighted by atomic mass is 10.1. The summed E-state index contributed by atoms with van der Waals surface area (Å²) in [5, 5.41) is 11.7. The van der Waals surface area contributed by atoms with Crippen LogP contribution in [0.5, 0.6) is 0 Å². The lowest BCUT2D eigenvalue weighted by molar-refractivity contribution is 0.0878. The van der Waals surface area contributed by atoms with Crippen LogP contribution in [-0.4, -0.2) is 37.4 Å². The average Bonchev–Trinajstić information content (AvgIpc) is 2.28. The van der Waals surface area contributed by atoms with E-state index in [0.29, 0.717) is 18.6 Å². The van der Waals surface area contributed by atoms with Crippen molar-refractivity contribution in [3.05, 3.63) is 32.7 Å². The van der Waals surface area contributed by atoms with Crippen molar-refractivity contribution in [1.82, 2.24) is 5.32 Å². The van der Waals surface area contributed by atoms with Crippen molar-refractivity contribution in [3.8, 4) is 0 Å². The van der Waals surface area contributed by atoms with Gasteiger partial charge in [-0.25, -0.2) is 0 Å². The molecule has 1 aromatic carbocycles. The zero-order valence-corrected chi connectivity index (χ0v) is 13.1. The van der Waals surface area contributed by atoms with Gasteiger partial charge in [-0.3, -0.25) is 4.79 Å². The number of carbonyl (C=O) groups excluding carboxylic acids is 1. The van der Waals surface area contributed by atoms with Gasteiger partial charge in [-0.15, -0.1) is 0 Å². The lowest BCUT2D eigenvalue weighted by Gasteiger charge is -2.17. The van der Waals surface area contributed by atoms with E-state index in [0.717, 1.165) is 8.95 Å². The number of amides is 1. The molecule has 0 aliphatic rings. The SMILES string of the molecule is COCC(CCO)NC(=O)c1cc(Br)cc(Br)c1. The van der Waals surface area contributed by atoms with Crippen molar-refractivity contribution in [2.75, 3.05) is 20.3 Å². The number of halogens is 2. The third kappa shape index (κ3) is 5.06. The molecule has 0 fully saturated rings. The molecule has 0 saturated carbocycles. The molecule has 0 spiro atoms. The topological polar surface area (TPSA) is 58.6 Å². The summed E-state index contributed by atoms with van der Waals surface area (Å²) >= 11 is 6.67. The quantitative estimate of drug-likeness (QED) is 0.796. The Morgan fingerprint density at radius 3 is 2.50 bits per heavy atom. The van der Waals surface area contributed by atoms with E-state index in [1.165, 1.54) is 0 Å². The number of hydrogen-bond acceptors (Lipinski definition) is 3. The van der Waals surface area contributed by atoms with E-state index in [4.69, 9.17) is 9.84 Å². The molecule has 1 amide bonds. The third-order valence-corrected chi connectivity index (χ3v) is 3.22. The fourth-order valence-corrected chi connectivity index (χ4v) is 2.80. The Morgan fingerprint density at radius 1 is 1.39 bits per heavy atom. The summed E-state index contributed by atoms with van der Waals surface area (Å²) in [5.41, 5.74) is 0.551. The van der Waals surface area contributed by atoms with Gasteiger partial charge >= 0.3 is 0 Å². The molecule has 1 unspecified atom stereocenters. The molecule has 0 heterocycles. The maximum atomic E-state index is 12.0. The van der Waals surface area contributed by atoms with Crippen molar-refractivity contribution in [2.45, 2.75) is 12.5 Å². The molecule has 0 aliphatic carbocycles. The molecular weight excluding hydrogens is 366 g/mol. The van der Waals surface area contributed by atoms with Crippen LogP contribution in [0.4, 0.5) is 0 Å². The maximum absolute atomic E-state index is 12.0. The number of aliphatic hydroxyl groups excluding tert-OH is 1. The molecule has 1 rings (SSSR count). The van der Waals surface area contributed by atoms with Gasteiger partial charge in [-0.1, -0.05) is 31.9 Å². The van der Waals surface area contributed by atoms with E-state index < -0.39 is 0 Å². The molecule has 4 nitrogen and oxygen atoms in total. The Balaban J connectivity index is 2.73. The number of rotatable bonds is 6. The molecule has 0 aromatic heterocycles. The maximum Gasteiger partial charge on any atom is 0.251 e. The van der Waals surface area contributed by atoms with Gasteiger partial charge in [0.25, 0.3) is 5.91 Å². The summed E-state index contributed by atoms with van der Waals surface area (Å²) in [4.78, 5) is 12.0. The van der Waals surface area contributed by atoms with Crippen LogP contribution < -0.4 is 5.32 Å². The zero-order valence-electron chi connectivity index (χ0n) is 9.95. The minimum Gasteiger partial charge on any atom is -0.396 e. The van der Waals surface area contributed by atoms with Crippen LogP contribution in [0, 0.1) is 0 Å². The smallest absolute Gasteiger partial charge is 0.251 e. The van der Waals surface area contributed by atoms with E-state index in [9.17, 15) is 4.79 Å². The lowest BCUT2D eigenvalue weighted by Crippen LogP contribution is -2.38. The Labute approximate surface area is 123 Å². The molecule has 1 atom stereocenters. The first-order valence-corrected chi connectivity index (χ1v) is 7.02. The van der Waals surface area contributed by atoms with Gasteiger partial charge in [0.2, 0.25) is 0 Å². The van der Waals surface area contributed by atoms with Crippen LogP contribution in [0.3, 0.4) is 0 Å². The number of benzene rings is 1. The Hall–Kier alpha value is -0.430. The fourth-order valence-electron chi connectivity index (χ4n) is 1.51. The molecule has 0 saturated heterocycles. The first-order valence-electron chi connectivity index (χ1n) is 5.43. The predicted molar refractivity (Wildman–Crippen MR) is 76.7 cm³/mol. The van der Waals surface area contributed by atoms with Crippen LogP contribution in [-0.2, 0) is 4.74 Å². The molecular formula is C12H15Br2NO3. The molecule has 18 heavy (non-hydrogen) atoms. The average molecular weight is 381 g/mol. The van der Waals surface area contributed by atoms with Gasteiger partial charge in [0, 0.05) is 28.2 Å². The van der Waals surface area contributed by atoms with Gasteiger partial charge in [0.1, 0.15) is 0 Å². The second-order valence-corrected chi connectivity index (χ2v) is 5.63. The van der Waals surface area contributed by atoms with E-state index in [2.05, 4.69) is 37.2 Å². The zero-order chi connectivity index (χ0) is 13.5. The van der Waals surface area contributed by atoms with Crippen LogP contribution in [0.2, 0.25) is 0 Å². The molecule has 0 aliphatic heterocycles. The van der Waals surface area contributed by atoms with Crippen LogP contribution in [0.25, 0.3) is 0 Å². The van der Waals surface area contributed by atoms with Crippen molar-refractivity contribution >= 4 is 37.8 Å². The van der Waals surface area contributed by atoms with Gasteiger partial charge in [0.15, 0.2) is 0 Å². The number of nitrogens with one attached hydrogen (secondary N) is 1. The van der Waals surface area contributed by atoms with Gasteiger partial charge in [-0.2, -0.15) is 0 Å². The van der Waals surface area contributed by atoms with E-state index in [1.807, 2.05) is 6.07 Å². The molecule has 0 bridgehead atoms. The number of methoxy groups -OCH3 is 1. The Bertz CT molecular complexity index is 386. The largest absolute Gasteiger partial charge is 0.396 e. The molecule has 2 N–H and O–H groups in total. The number of aliphatic hydroxyl groups is 1. The first kappa shape index (κ1) is 15.6. The van der Waals surface area contributed by atoms with Crippen molar-refractivity contribution in [2.24, 2.45) is 0 Å². The van der Waals surface area contributed by atoms with E-state index in [1.54, 1.807) is 19.2 Å². The highest BCUT2D eigenvalue weighted by Crippen LogP contribution is 2.20. The summed E-state index contributed by atoms with van der Waals surface area (Å²) in [5.74, 6) is -0.187. The number of hydrogen-bond donors (Lipinski definition) is 2. The van der Waals surface area contributed by atoms with Crippen molar-refractivity contribution in [1.29, 1.82) is 0 Å². The predicted octanol–water partition coefficient (Wildman–Crippen LogP) is 2.34. The third-order valence-electron chi connectivity index (χ3n) is 2.31. The molecule has 6 heteroatoms. The Kier molecular flexibility index (Phi) is 6.85. The number of ether oxygens (including phenoxy) is 1. The monoisotopic (exact) mass is 379 g/mol. The second-order valence-electron chi connectivity index (χ2n) is 3.80. The minimum atomic E-state index is -0.190. The molecule has 100 valence electrons. The van der Waals surface area contributed by atoms with Gasteiger partial charge in [-0.05, 0) is 24.6 Å². The summed E-state index contributed by atoms with van der Waals surface area (Å²) in [6.07, 6.45) is 0.467. The minimum absolute atomic E-state index is 0.0104. The highest BCUT2D eigenvalue weighted by Gasteiger charge is 2.14. The Morgan fingerprint density at radius 2 is 2.00 bits per heavy atom. The van der Waals surface area contributed by atoms with Gasteiger partial charge < -0.3 is 15.2 Å². The molecule has 0 radical (unpaired) electrons. The highest BCUT2D eigenvalue weighted by molar-refractivity contribution is 9.11. The van der Waals surface area contributed by atoms with Gasteiger partial charge in [0.05, 0.1) is 12.6 Å². The van der Waals surface area contributed by atoms with Crippen molar-refractivity contribution in [3.63, 3.8) is 0 Å². The number of carbonyl (C=O) groups is 1. The summed E-state index contributed by atoms with van der Waals surface area (Å²) in [6, 6.07) is 5.15. The normalized spacial score (nSPS) is 12.2. The standard InChI is InChI=1S/C12H15Br2NO3/c1-18-7-11(2-3-16)15-12(17)8-4-9(13)6-10(14)5-8/h4-6,11,16H,2-3,7H2,1H3,(H,15,17). The fraction of sp³-hybridized carbons (Fsp3) is 0.417. The summed E-state index contributed by atoms with van der Waals surface area (Å²) in [7, 11) is 1.56. The first-order chi connectivity index (χ1) is 8.56. The van der Waals surface area contributed by atoms with Crippen LogP contribution >= 0.6 is 31.9 Å². The van der Waals surface area contributed by atoms with E-state index >= 15 is 0 Å². The van der Waals surface area contributed by atoms with Crippen LogP contribution in [0.1, 0.15) is 16.8 Å². The van der Waals surface area contributed by atoms with E-state index in [-0.39, 0.29) is 18.6 Å². The van der Waals surface area contributed by atoms with Crippen LogP contribution in [0.15, 0.2) is 27.1 Å². The summed E-state index contributed by atoms with van der Waals surface area (Å²) in [6.45, 7) is 0.387. The molecule has 1 aromatic rings. The summed E-state index contributed by atoms with van der Waals surface area (Å²) < 4.78 is 6.65. The van der Waals surface area contributed by atoms with Crippen molar-refractivity contribution < 1.29 is 14.6 Å².